The maximum atomic E-state index is 12.1. The van der Waals surface area contributed by atoms with Gasteiger partial charge in [-0.1, -0.05) is 18.5 Å². The van der Waals surface area contributed by atoms with Crippen LogP contribution in [-0.4, -0.2) is 26.5 Å². The molecule has 18 heavy (non-hydrogen) atoms. The van der Waals surface area contributed by atoms with Crippen molar-refractivity contribution in [3.05, 3.63) is 28.8 Å². The van der Waals surface area contributed by atoms with Crippen LogP contribution >= 0.6 is 11.6 Å². The number of halogens is 1. The molecule has 0 saturated carbocycles. The Morgan fingerprint density at radius 2 is 2.11 bits per heavy atom. The average molecular weight is 288 g/mol. The van der Waals surface area contributed by atoms with Gasteiger partial charge in [0, 0.05) is 23.6 Å². The lowest BCUT2D eigenvalue weighted by Crippen LogP contribution is -2.38. The van der Waals surface area contributed by atoms with E-state index in [1.807, 2.05) is 6.92 Å². The lowest BCUT2D eigenvalue weighted by molar-refractivity contribution is 0.0982. The topological polar surface area (TPSA) is 54.5 Å². The molecule has 1 aromatic carbocycles. The lowest BCUT2D eigenvalue weighted by atomic mass is 10.0. The molecular formula is C12H14ClNO3S. The maximum absolute atomic E-state index is 12.1. The Kier molecular flexibility index (Phi) is 3.64. The van der Waals surface area contributed by atoms with E-state index in [0.29, 0.717) is 22.7 Å². The molecule has 4 nitrogen and oxygen atoms in total. The Labute approximate surface area is 112 Å². The number of Topliss-reactive ketones (excluding diaryl/α,β-unsaturated/α-hetero) is 1. The second kappa shape index (κ2) is 4.90. The number of hydrogen-bond acceptors (Lipinski definition) is 3. The number of carbonyl (C=O) groups is 1. The van der Waals surface area contributed by atoms with Gasteiger partial charge >= 0.3 is 0 Å². The van der Waals surface area contributed by atoms with Gasteiger partial charge < -0.3 is 0 Å². The van der Waals surface area contributed by atoms with E-state index in [4.69, 9.17) is 11.6 Å². The van der Waals surface area contributed by atoms with Gasteiger partial charge in [-0.2, -0.15) is 0 Å². The average Bonchev–Trinajstić information content (AvgIpc) is 2.30. The van der Waals surface area contributed by atoms with E-state index in [9.17, 15) is 13.2 Å². The number of hydrogen-bond donors (Lipinski definition) is 0. The smallest absolute Gasteiger partial charge is 0.235 e. The van der Waals surface area contributed by atoms with Crippen molar-refractivity contribution in [1.29, 1.82) is 0 Å². The van der Waals surface area contributed by atoms with Crippen molar-refractivity contribution in [2.24, 2.45) is 0 Å². The van der Waals surface area contributed by atoms with Gasteiger partial charge in [0.2, 0.25) is 10.0 Å². The van der Waals surface area contributed by atoms with Crippen LogP contribution in [0.2, 0.25) is 5.02 Å². The number of rotatable bonds is 3. The predicted octanol–water partition coefficient (Wildman–Crippen LogP) is 2.47. The Bertz CT molecular complexity index is 583. The predicted molar refractivity (Wildman–Crippen MR) is 71.8 cm³/mol. The molecule has 1 aliphatic heterocycles. The molecule has 0 N–H and O–H groups in total. The quantitative estimate of drug-likeness (QED) is 0.858. The minimum atomic E-state index is -3.35. The van der Waals surface area contributed by atoms with E-state index in [1.54, 1.807) is 12.1 Å². The maximum Gasteiger partial charge on any atom is 0.235 e. The lowest BCUT2D eigenvalue weighted by Gasteiger charge is -2.29. The minimum absolute atomic E-state index is 0.0598. The van der Waals surface area contributed by atoms with Gasteiger partial charge in [0.1, 0.15) is 0 Å². The SMILES string of the molecule is CCCS(=O)(=O)N1CCC(=O)c2cc(Cl)ccc21. The fraction of sp³-hybridized carbons (Fsp3) is 0.417. The summed E-state index contributed by atoms with van der Waals surface area (Å²) in [6.45, 7) is 2.03. The van der Waals surface area contributed by atoms with Gasteiger partial charge in [-0.05, 0) is 24.6 Å². The first kappa shape index (κ1) is 13.4. The van der Waals surface area contributed by atoms with Gasteiger partial charge in [-0.25, -0.2) is 8.42 Å². The number of benzene rings is 1. The molecule has 0 radical (unpaired) electrons. The highest BCUT2D eigenvalue weighted by Crippen LogP contribution is 2.31. The molecule has 0 amide bonds. The first-order chi connectivity index (χ1) is 8.45. The summed E-state index contributed by atoms with van der Waals surface area (Å²) in [5.41, 5.74) is 0.845. The molecule has 98 valence electrons. The first-order valence-electron chi connectivity index (χ1n) is 5.79. The van der Waals surface area contributed by atoms with E-state index in [0.717, 1.165) is 0 Å². The van der Waals surface area contributed by atoms with Crippen LogP contribution in [0.5, 0.6) is 0 Å². The highest BCUT2D eigenvalue weighted by Gasteiger charge is 2.30. The Balaban J connectivity index is 2.50. The number of carbonyl (C=O) groups excluding carboxylic acids is 1. The van der Waals surface area contributed by atoms with Crippen molar-refractivity contribution >= 4 is 33.1 Å². The normalized spacial score (nSPS) is 15.7. The van der Waals surface area contributed by atoms with Crippen molar-refractivity contribution in [3.63, 3.8) is 0 Å². The fourth-order valence-corrected chi connectivity index (χ4v) is 3.80. The van der Waals surface area contributed by atoms with Gasteiger partial charge in [0.15, 0.2) is 5.78 Å². The zero-order valence-electron chi connectivity index (χ0n) is 10.0. The van der Waals surface area contributed by atoms with Gasteiger partial charge in [0.25, 0.3) is 0 Å². The minimum Gasteiger partial charge on any atom is -0.294 e. The van der Waals surface area contributed by atoms with Gasteiger partial charge in [-0.3, -0.25) is 9.10 Å². The third kappa shape index (κ3) is 2.37. The van der Waals surface area contributed by atoms with Crippen LogP contribution < -0.4 is 4.31 Å². The van der Waals surface area contributed by atoms with Crippen LogP contribution in [0.25, 0.3) is 0 Å². The van der Waals surface area contributed by atoms with Crippen molar-refractivity contribution in [2.75, 3.05) is 16.6 Å². The molecule has 1 heterocycles. The van der Waals surface area contributed by atoms with E-state index in [-0.39, 0.29) is 24.5 Å². The van der Waals surface area contributed by atoms with Crippen LogP contribution in [0.3, 0.4) is 0 Å². The van der Waals surface area contributed by atoms with Crippen LogP contribution in [-0.2, 0) is 10.0 Å². The molecule has 2 rings (SSSR count). The summed E-state index contributed by atoms with van der Waals surface area (Å²) in [6, 6.07) is 4.74. The second-order valence-corrected chi connectivity index (χ2v) is 6.67. The molecule has 0 unspecified atom stereocenters. The largest absolute Gasteiger partial charge is 0.294 e. The summed E-state index contributed by atoms with van der Waals surface area (Å²) < 4.78 is 25.6. The molecule has 0 spiro atoms. The monoisotopic (exact) mass is 287 g/mol. The molecule has 0 fully saturated rings. The van der Waals surface area contributed by atoms with E-state index in [2.05, 4.69) is 0 Å². The zero-order valence-corrected chi connectivity index (χ0v) is 11.6. The number of anilines is 1. The van der Waals surface area contributed by atoms with Crippen LogP contribution in [0.1, 0.15) is 30.1 Å². The van der Waals surface area contributed by atoms with Crippen LogP contribution in [0.4, 0.5) is 5.69 Å². The summed E-state index contributed by atoms with van der Waals surface area (Å²) in [4.78, 5) is 11.8. The van der Waals surface area contributed by atoms with Crippen molar-refractivity contribution in [1.82, 2.24) is 0 Å². The number of ketones is 1. The summed E-state index contributed by atoms with van der Waals surface area (Å²) >= 11 is 5.84. The first-order valence-corrected chi connectivity index (χ1v) is 7.77. The third-order valence-electron chi connectivity index (χ3n) is 2.87. The zero-order chi connectivity index (χ0) is 13.3. The van der Waals surface area contributed by atoms with Crippen molar-refractivity contribution in [3.8, 4) is 0 Å². The fourth-order valence-electron chi connectivity index (χ4n) is 2.06. The van der Waals surface area contributed by atoms with Gasteiger partial charge in [-0.15, -0.1) is 0 Å². The third-order valence-corrected chi connectivity index (χ3v) is 5.08. The Morgan fingerprint density at radius 3 is 2.78 bits per heavy atom. The number of nitrogens with zero attached hydrogens (tertiary/aromatic N) is 1. The van der Waals surface area contributed by atoms with Crippen LogP contribution in [0.15, 0.2) is 18.2 Å². The van der Waals surface area contributed by atoms with Crippen LogP contribution in [0, 0.1) is 0 Å². The van der Waals surface area contributed by atoms with Crippen molar-refractivity contribution in [2.45, 2.75) is 19.8 Å². The highest BCUT2D eigenvalue weighted by molar-refractivity contribution is 7.92. The number of fused-ring (bicyclic) bond motifs is 1. The van der Waals surface area contributed by atoms with E-state index in [1.165, 1.54) is 10.4 Å². The standard InChI is InChI=1S/C12H14ClNO3S/c1-2-7-18(16,17)14-6-5-12(15)10-8-9(13)3-4-11(10)14/h3-4,8H,2,5-7H2,1H3. The highest BCUT2D eigenvalue weighted by atomic mass is 35.5. The summed E-state index contributed by atoms with van der Waals surface area (Å²) in [7, 11) is -3.35. The molecule has 6 heteroatoms. The number of sulfonamides is 1. The molecule has 0 atom stereocenters. The summed E-state index contributed by atoms with van der Waals surface area (Å²) in [5.74, 6) is 0.0268. The second-order valence-electron chi connectivity index (χ2n) is 4.22. The Morgan fingerprint density at radius 1 is 1.39 bits per heavy atom. The summed E-state index contributed by atoms with van der Waals surface area (Å²) in [5, 5.41) is 0.442. The van der Waals surface area contributed by atoms with Gasteiger partial charge in [0.05, 0.1) is 11.4 Å². The van der Waals surface area contributed by atoms with E-state index >= 15 is 0 Å². The van der Waals surface area contributed by atoms with Crippen molar-refractivity contribution < 1.29 is 13.2 Å². The molecular weight excluding hydrogens is 274 g/mol. The molecule has 0 aliphatic carbocycles. The Hall–Kier alpha value is -1.07. The molecule has 0 bridgehead atoms. The summed E-state index contributed by atoms with van der Waals surface area (Å²) in [6.07, 6.45) is 0.756. The molecule has 1 aromatic rings. The molecule has 0 saturated heterocycles. The molecule has 1 aliphatic rings. The van der Waals surface area contributed by atoms with E-state index < -0.39 is 10.0 Å². The molecule has 0 aromatic heterocycles.